The molecule has 3 rings (SSSR count). The number of ether oxygens (including phenoxy) is 1. The largest absolute Gasteiger partial charge is 0.488 e. The van der Waals surface area contributed by atoms with E-state index in [0.29, 0.717) is 17.4 Å². The Hall–Kier alpha value is -2.26. The number of benzene rings is 2. The van der Waals surface area contributed by atoms with Crippen LogP contribution in [0.15, 0.2) is 59.4 Å². The van der Waals surface area contributed by atoms with Crippen molar-refractivity contribution in [1.29, 1.82) is 0 Å². The molecule has 0 aliphatic rings. The predicted octanol–water partition coefficient (Wildman–Crippen LogP) is 3.76. The molecule has 100 valence electrons. The van der Waals surface area contributed by atoms with Gasteiger partial charge in [0.1, 0.15) is 12.4 Å². The van der Waals surface area contributed by atoms with Gasteiger partial charge in [0.15, 0.2) is 0 Å². The van der Waals surface area contributed by atoms with Crippen molar-refractivity contribution in [2.75, 3.05) is 0 Å². The number of nitrogens with one attached hydrogen (secondary N) is 1. The predicted molar refractivity (Wildman–Crippen MR) is 80.4 cm³/mol. The number of pyridine rings is 1. The fourth-order valence-corrected chi connectivity index (χ4v) is 2.16. The van der Waals surface area contributed by atoms with E-state index in [9.17, 15) is 4.79 Å². The fourth-order valence-electron chi connectivity index (χ4n) is 2.03. The summed E-state index contributed by atoms with van der Waals surface area (Å²) in [6.45, 7) is 0.393. The highest BCUT2D eigenvalue weighted by Gasteiger charge is 2.04. The van der Waals surface area contributed by atoms with Gasteiger partial charge in [0.05, 0.1) is 5.52 Å². The maximum absolute atomic E-state index is 11.6. The second-order valence-corrected chi connectivity index (χ2v) is 4.89. The lowest BCUT2D eigenvalue weighted by Crippen LogP contribution is -2.06. The van der Waals surface area contributed by atoms with Crippen LogP contribution in [0, 0.1) is 0 Å². The van der Waals surface area contributed by atoms with Crippen LogP contribution in [0.3, 0.4) is 0 Å². The van der Waals surface area contributed by atoms with Crippen LogP contribution in [-0.4, -0.2) is 4.98 Å². The van der Waals surface area contributed by atoms with Crippen molar-refractivity contribution in [3.63, 3.8) is 0 Å². The zero-order chi connectivity index (χ0) is 13.9. The standard InChI is InChI=1S/C16H12ClNO2/c17-12-7-5-11(6-8-12)10-20-15-9-16(19)18-14-4-2-1-3-13(14)15/h1-9H,10H2,(H,18,19). The minimum absolute atomic E-state index is 0.171. The molecule has 20 heavy (non-hydrogen) atoms. The summed E-state index contributed by atoms with van der Waals surface area (Å²) in [5, 5.41) is 1.58. The zero-order valence-corrected chi connectivity index (χ0v) is 11.4. The number of hydrogen-bond acceptors (Lipinski definition) is 2. The van der Waals surface area contributed by atoms with Crippen LogP contribution in [-0.2, 0) is 6.61 Å². The second kappa shape index (κ2) is 5.39. The number of fused-ring (bicyclic) bond motifs is 1. The van der Waals surface area contributed by atoms with E-state index in [1.807, 2.05) is 48.5 Å². The molecule has 0 amide bonds. The van der Waals surface area contributed by atoms with Crippen LogP contribution < -0.4 is 10.3 Å². The Morgan fingerprint density at radius 2 is 1.80 bits per heavy atom. The number of rotatable bonds is 3. The molecule has 2 aromatic carbocycles. The number of halogens is 1. The van der Waals surface area contributed by atoms with Crippen molar-refractivity contribution in [2.24, 2.45) is 0 Å². The summed E-state index contributed by atoms with van der Waals surface area (Å²) < 4.78 is 5.76. The van der Waals surface area contributed by atoms with Gasteiger partial charge in [0, 0.05) is 16.5 Å². The Kier molecular flexibility index (Phi) is 3.44. The third kappa shape index (κ3) is 2.68. The van der Waals surface area contributed by atoms with E-state index in [2.05, 4.69) is 4.98 Å². The Balaban J connectivity index is 1.90. The monoisotopic (exact) mass is 285 g/mol. The van der Waals surface area contributed by atoms with Crippen LogP contribution in [0.4, 0.5) is 0 Å². The molecule has 0 spiro atoms. The van der Waals surface area contributed by atoms with Crippen LogP contribution >= 0.6 is 11.6 Å². The van der Waals surface area contributed by atoms with Crippen LogP contribution in [0.1, 0.15) is 5.56 Å². The van der Waals surface area contributed by atoms with E-state index >= 15 is 0 Å². The minimum atomic E-state index is -0.171. The Labute approximate surface area is 120 Å². The molecule has 0 bridgehead atoms. The van der Waals surface area contributed by atoms with Crippen molar-refractivity contribution in [2.45, 2.75) is 6.61 Å². The highest BCUT2D eigenvalue weighted by Crippen LogP contribution is 2.22. The molecule has 3 nitrogen and oxygen atoms in total. The molecule has 0 atom stereocenters. The van der Waals surface area contributed by atoms with Crippen molar-refractivity contribution in [1.82, 2.24) is 4.98 Å². The lowest BCUT2D eigenvalue weighted by atomic mass is 10.2. The molecular weight excluding hydrogens is 274 g/mol. The van der Waals surface area contributed by atoms with Gasteiger partial charge in [-0.1, -0.05) is 35.9 Å². The molecule has 3 aromatic rings. The van der Waals surface area contributed by atoms with E-state index in [1.165, 1.54) is 6.07 Å². The minimum Gasteiger partial charge on any atom is -0.488 e. The first-order chi connectivity index (χ1) is 9.72. The summed E-state index contributed by atoms with van der Waals surface area (Å²) in [7, 11) is 0. The van der Waals surface area contributed by atoms with E-state index in [0.717, 1.165) is 16.5 Å². The molecule has 1 N–H and O–H groups in total. The molecule has 4 heteroatoms. The van der Waals surface area contributed by atoms with Crippen molar-refractivity contribution in [3.05, 3.63) is 75.5 Å². The van der Waals surface area contributed by atoms with Crippen LogP contribution in [0.25, 0.3) is 10.9 Å². The average molecular weight is 286 g/mol. The summed E-state index contributed by atoms with van der Waals surface area (Å²) >= 11 is 5.84. The molecule has 0 aliphatic heterocycles. The number of aromatic amines is 1. The molecule has 0 unspecified atom stereocenters. The summed E-state index contributed by atoms with van der Waals surface area (Å²) in [5.74, 6) is 0.583. The van der Waals surface area contributed by atoms with E-state index < -0.39 is 0 Å². The quantitative estimate of drug-likeness (QED) is 0.796. The number of para-hydroxylation sites is 1. The van der Waals surface area contributed by atoms with Gasteiger partial charge in [-0.3, -0.25) is 4.79 Å². The van der Waals surface area contributed by atoms with Gasteiger partial charge in [-0.15, -0.1) is 0 Å². The van der Waals surface area contributed by atoms with Crippen LogP contribution in [0.5, 0.6) is 5.75 Å². The highest BCUT2D eigenvalue weighted by molar-refractivity contribution is 6.30. The molecular formula is C16H12ClNO2. The van der Waals surface area contributed by atoms with Crippen molar-refractivity contribution in [3.8, 4) is 5.75 Å². The maximum atomic E-state index is 11.6. The highest BCUT2D eigenvalue weighted by atomic mass is 35.5. The smallest absolute Gasteiger partial charge is 0.252 e. The maximum Gasteiger partial charge on any atom is 0.252 e. The summed E-state index contributed by atoms with van der Waals surface area (Å²) in [4.78, 5) is 14.4. The molecule has 1 aromatic heterocycles. The van der Waals surface area contributed by atoms with E-state index in [-0.39, 0.29) is 5.56 Å². The SMILES string of the molecule is O=c1cc(OCc2ccc(Cl)cc2)c2ccccc2[nH]1. The Morgan fingerprint density at radius 3 is 2.60 bits per heavy atom. The topological polar surface area (TPSA) is 42.1 Å². The van der Waals surface area contributed by atoms with Crippen molar-refractivity contribution >= 4 is 22.5 Å². The zero-order valence-electron chi connectivity index (χ0n) is 10.6. The van der Waals surface area contributed by atoms with Gasteiger partial charge < -0.3 is 9.72 Å². The van der Waals surface area contributed by atoms with Crippen molar-refractivity contribution < 1.29 is 4.74 Å². The molecule has 0 aliphatic carbocycles. The van der Waals surface area contributed by atoms with Gasteiger partial charge in [-0.25, -0.2) is 0 Å². The van der Waals surface area contributed by atoms with Gasteiger partial charge in [-0.2, -0.15) is 0 Å². The number of H-pyrrole nitrogens is 1. The first-order valence-electron chi connectivity index (χ1n) is 6.22. The Bertz CT molecular complexity index is 793. The lowest BCUT2D eigenvalue weighted by Gasteiger charge is -2.09. The second-order valence-electron chi connectivity index (χ2n) is 4.46. The molecule has 0 saturated carbocycles. The molecule has 0 fully saturated rings. The van der Waals surface area contributed by atoms with E-state index in [1.54, 1.807) is 0 Å². The van der Waals surface area contributed by atoms with Crippen LogP contribution in [0.2, 0.25) is 5.02 Å². The number of aromatic nitrogens is 1. The first kappa shape index (κ1) is 12.8. The lowest BCUT2D eigenvalue weighted by molar-refractivity contribution is 0.309. The molecule has 0 radical (unpaired) electrons. The molecule has 0 saturated heterocycles. The van der Waals surface area contributed by atoms with E-state index in [4.69, 9.17) is 16.3 Å². The first-order valence-corrected chi connectivity index (χ1v) is 6.59. The third-order valence-corrected chi connectivity index (χ3v) is 3.27. The Morgan fingerprint density at radius 1 is 1.05 bits per heavy atom. The summed E-state index contributed by atoms with van der Waals surface area (Å²) in [6, 6.07) is 16.5. The fraction of sp³-hybridized carbons (Fsp3) is 0.0625. The van der Waals surface area contributed by atoms with Gasteiger partial charge in [0.2, 0.25) is 0 Å². The summed E-state index contributed by atoms with van der Waals surface area (Å²) in [5.41, 5.74) is 1.60. The number of hydrogen-bond donors (Lipinski definition) is 1. The average Bonchev–Trinajstić information content (AvgIpc) is 2.46. The third-order valence-electron chi connectivity index (χ3n) is 3.02. The normalized spacial score (nSPS) is 10.7. The van der Waals surface area contributed by atoms with Gasteiger partial charge in [0.25, 0.3) is 5.56 Å². The van der Waals surface area contributed by atoms with Gasteiger partial charge >= 0.3 is 0 Å². The van der Waals surface area contributed by atoms with Gasteiger partial charge in [-0.05, 0) is 29.8 Å². The summed E-state index contributed by atoms with van der Waals surface area (Å²) in [6.07, 6.45) is 0. The molecule has 1 heterocycles.